The average molecular weight is 358 g/mol. The molecular weight excluding hydrogens is 322 g/mol. The van der Waals surface area contributed by atoms with Crippen LogP contribution in [0.2, 0.25) is 0 Å². The zero-order valence-corrected chi connectivity index (χ0v) is 17.0. The number of carbonyl (C=O) groups is 1. The van der Waals surface area contributed by atoms with Crippen molar-refractivity contribution in [1.29, 1.82) is 0 Å². The highest BCUT2D eigenvalue weighted by molar-refractivity contribution is 5.78. The molecule has 2 aliphatic carbocycles. The van der Waals surface area contributed by atoms with Gasteiger partial charge in [0.1, 0.15) is 11.8 Å². The van der Waals surface area contributed by atoms with E-state index in [1.54, 1.807) is 0 Å². The van der Waals surface area contributed by atoms with Gasteiger partial charge < -0.3 is 10.5 Å². The van der Waals surface area contributed by atoms with Crippen molar-refractivity contribution in [3.8, 4) is 5.75 Å². The van der Waals surface area contributed by atoms with Crippen LogP contribution in [0.3, 0.4) is 0 Å². The molecule has 0 heterocycles. The van der Waals surface area contributed by atoms with Gasteiger partial charge in [-0.15, -0.1) is 0 Å². The molecule has 144 valence electrons. The molecule has 26 heavy (non-hydrogen) atoms. The molecule has 0 saturated heterocycles. The second-order valence-corrected chi connectivity index (χ2v) is 9.11. The third-order valence-electron chi connectivity index (χ3n) is 7.38. The Morgan fingerprint density at radius 1 is 1.35 bits per heavy atom. The van der Waals surface area contributed by atoms with Crippen LogP contribution in [0.4, 0.5) is 0 Å². The van der Waals surface area contributed by atoms with Crippen molar-refractivity contribution in [3.63, 3.8) is 0 Å². The lowest BCUT2D eigenvalue weighted by atomic mass is 9.50. The highest BCUT2D eigenvalue weighted by atomic mass is 16.5. The Kier molecular flexibility index (Phi) is 5.48. The van der Waals surface area contributed by atoms with Crippen molar-refractivity contribution < 1.29 is 9.53 Å². The van der Waals surface area contributed by atoms with E-state index in [9.17, 15) is 4.79 Å². The molecule has 1 aromatic rings. The van der Waals surface area contributed by atoms with E-state index >= 15 is 0 Å². The molecule has 1 fully saturated rings. The maximum Gasteiger partial charge on any atom is 0.328 e. The number of fused-ring (bicyclic) bond motifs is 4. The number of nitrogens with two attached hydrogens (primary N) is 1. The summed E-state index contributed by atoms with van der Waals surface area (Å²) in [6.07, 6.45) is 6.33. The fraction of sp³-hybridized carbons (Fsp3) is 0.696. The summed E-state index contributed by atoms with van der Waals surface area (Å²) in [4.78, 5) is 12.3. The van der Waals surface area contributed by atoms with Crippen molar-refractivity contribution >= 4 is 5.97 Å². The van der Waals surface area contributed by atoms with Gasteiger partial charge in [0.15, 0.2) is 0 Å². The minimum absolute atomic E-state index is 0.0747. The molecular formula is C23H35NO2. The van der Waals surface area contributed by atoms with Gasteiger partial charge in [0, 0.05) is 0 Å². The Bertz CT molecular complexity index is 668. The van der Waals surface area contributed by atoms with Crippen LogP contribution < -0.4 is 10.5 Å². The molecule has 0 aliphatic heterocycles. The highest BCUT2D eigenvalue weighted by Gasteiger charge is 2.50. The quantitative estimate of drug-likeness (QED) is 0.605. The number of rotatable bonds is 5. The molecule has 1 unspecified atom stereocenters. The third kappa shape index (κ3) is 3.19. The number of benzene rings is 1. The second-order valence-electron chi connectivity index (χ2n) is 9.11. The second kappa shape index (κ2) is 7.34. The van der Waals surface area contributed by atoms with Gasteiger partial charge in [-0.1, -0.05) is 47.1 Å². The normalized spacial score (nSPS) is 31.4. The first-order chi connectivity index (χ1) is 12.3. The smallest absolute Gasteiger partial charge is 0.328 e. The van der Waals surface area contributed by atoms with E-state index in [0.717, 1.165) is 12.3 Å². The molecule has 3 rings (SSSR count). The Hall–Kier alpha value is -1.35. The minimum Gasteiger partial charge on any atom is -0.425 e. The molecule has 3 nitrogen and oxygen atoms in total. The van der Waals surface area contributed by atoms with Crippen molar-refractivity contribution in [2.45, 2.75) is 78.2 Å². The van der Waals surface area contributed by atoms with Gasteiger partial charge in [0.05, 0.1) is 0 Å². The number of carbonyl (C=O) groups excluding carboxylic acids is 1. The fourth-order valence-electron chi connectivity index (χ4n) is 5.40. The first-order valence-electron chi connectivity index (χ1n) is 10.4. The van der Waals surface area contributed by atoms with Gasteiger partial charge in [-0.05, 0) is 78.0 Å². The number of hydrogen-bond acceptors (Lipinski definition) is 3. The van der Waals surface area contributed by atoms with Gasteiger partial charge in [0.25, 0.3) is 0 Å². The van der Waals surface area contributed by atoms with Crippen LogP contribution in [-0.4, -0.2) is 12.0 Å². The lowest BCUT2D eigenvalue weighted by Crippen LogP contribution is -2.49. The lowest BCUT2D eigenvalue weighted by Gasteiger charge is -2.54. The monoisotopic (exact) mass is 357 g/mol. The molecule has 0 aromatic heterocycles. The van der Waals surface area contributed by atoms with Crippen LogP contribution in [0.15, 0.2) is 18.2 Å². The zero-order valence-electron chi connectivity index (χ0n) is 17.0. The molecule has 1 saturated carbocycles. The van der Waals surface area contributed by atoms with Crippen molar-refractivity contribution in [2.24, 2.45) is 29.4 Å². The van der Waals surface area contributed by atoms with E-state index in [2.05, 4.69) is 32.9 Å². The molecule has 0 amide bonds. The van der Waals surface area contributed by atoms with Crippen LogP contribution in [-0.2, 0) is 16.6 Å². The largest absolute Gasteiger partial charge is 0.425 e. The van der Waals surface area contributed by atoms with E-state index < -0.39 is 6.04 Å². The summed E-state index contributed by atoms with van der Waals surface area (Å²) in [6.45, 7) is 11.1. The number of hydrogen-bond donors (Lipinski definition) is 1. The van der Waals surface area contributed by atoms with Gasteiger partial charge in [-0.3, -0.25) is 0 Å². The topological polar surface area (TPSA) is 52.3 Å². The predicted octanol–water partition coefficient (Wildman–Crippen LogP) is 4.85. The lowest BCUT2D eigenvalue weighted by molar-refractivity contribution is -0.136. The van der Waals surface area contributed by atoms with E-state index in [1.807, 2.05) is 19.9 Å². The molecule has 2 aliphatic rings. The molecule has 3 heteroatoms. The molecule has 0 spiro atoms. The summed E-state index contributed by atoms with van der Waals surface area (Å²) in [5, 5.41) is 0. The Labute approximate surface area is 158 Å². The standard InChI is InChI=1S/C23H35NO2/c1-6-7-18-10-8-16-12-17-9-11-19(26-22(25)21(24)14(2)3)13-20(17)23(18,5)15(16)4/h9,11,13-16,18,21H,6-8,10,12,24H2,1-5H3/t15-,16+,18-,21?,23+/m1/s1. The third-order valence-corrected chi connectivity index (χ3v) is 7.38. The summed E-state index contributed by atoms with van der Waals surface area (Å²) in [5.74, 6) is 2.55. The molecule has 0 radical (unpaired) electrons. The molecule has 2 bridgehead atoms. The maximum absolute atomic E-state index is 12.3. The summed E-state index contributed by atoms with van der Waals surface area (Å²) in [5.41, 5.74) is 8.99. The van der Waals surface area contributed by atoms with Crippen molar-refractivity contribution in [1.82, 2.24) is 0 Å². The zero-order chi connectivity index (χ0) is 19.1. The van der Waals surface area contributed by atoms with Crippen LogP contribution in [0.5, 0.6) is 5.75 Å². The molecule has 2 N–H and O–H groups in total. The van der Waals surface area contributed by atoms with Crippen LogP contribution in [0.25, 0.3) is 0 Å². The Balaban J connectivity index is 1.95. The summed E-state index contributed by atoms with van der Waals surface area (Å²) in [7, 11) is 0. The van der Waals surface area contributed by atoms with Gasteiger partial charge in [-0.2, -0.15) is 0 Å². The van der Waals surface area contributed by atoms with Crippen molar-refractivity contribution in [2.75, 3.05) is 0 Å². The summed E-state index contributed by atoms with van der Waals surface area (Å²) < 4.78 is 5.65. The van der Waals surface area contributed by atoms with Crippen LogP contribution in [0, 0.1) is 23.7 Å². The van der Waals surface area contributed by atoms with E-state index in [1.165, 1.54) is 36.8 Å². The van der Waals surface area contributed by atoms with Crippen molar-refractivity contribution in [3.05, 3.63) is 29.3 Å². The first-order valence-corrected chi connectivity index (χ1v) is 10.4. The molecule has 1 aromatic carbocycles. The van der Waals surface area contributed by atoms with E-state index in [4.69, 9.17) is 10.5 Å². The van der Waals surface area contributed by atoms with Gasteiger partial charge >= 0.3 is 5.97 Å². The first kappa shape index (κ1) is 19.4. The SMILES string of the molecule is CCC[C@@H]1CC[C@H]2Cc3ccc(OC(=O)C(N)C(C)C)cc3[C@@]1(C)[C@@H]2C. The van der Waals surface area contributed by atoms with Crippen LogP contribution in [0.1, 0.15) is 71.4 Å². The highest BCUT2D eigenvalue weighted by Crippen LogP contribution is 2.56. The van der Waals surface area contributed by atoms with Gasteiger partial charge in [-0.25, -0.2) is 4.79 Å². The number of ether oxygens (including phenoxy) is 1. The summed E-state index contributed by atoms with van der Waals surface area (Å²) >= 11 is 0. The van der Waals surface area contributed by atoms with Crippen LogP contribution >= 0.6 is 0 Å². The number of esters is 1. The predicted molar refractivity (Wildman–Crippen MR) is 106 cm³/mol. The Morgan fingerprint density at radius 2 is 2.08 bits per heavy atom. The average Bonchev–Trinajstić information content (AvgIpc) is 2.60. The Morgan fingerprint density at radius 3 is 2.73 bits per heavy atom. The van der Waals surface area contributed by atoms with Gasteiger partial charge in [0.2, 0.25) is 0 Å². The molecule has 5 atom stereocenters. The summed E-state index contributed by atoms with van der Waals surface area (Å²) in [6, 6.07) is 5.70. The maximum atomic E-state index is 12.3. The van der Waals surface area contributed by atoms with E-state index in [0.29, 0.717) is 17.6 Å². The minimum atomic E-state index is -0.576. The fourth-order valence-corrected chi connectivity index (χ4v) is 5.40. The van der Waals surface area contributed by atoms with E-state index in [-0.39, 0.29) is 17.3 Å².